The van der Waals surface area contributed by atoms with Crippen molar-refractivity contribution in [3.63, 3.8) is 0 Å². The third-order valence-corrected chi connectivity index (χ3v) is 4.88. The van der Waals surface area contributed by atoms with E-state index in [4.69, 9.17) is 5.11 Å². The predicted octanol–water partition coefficient (Wildman–Crippen LogP) is 2.93. The van der Waals surface area contributed by atoms with Gasteiger partial charge in [-0.2, -0.15) is 11.8 Å². The van der Waals surface area contributed by atoms with E-state index in [0.717, 1.165) is 23.8 Å². The zero-order valence-electron chi connectivity index (χ0n) is 9.68. The first-order valence-electron chi connectivity index (χ1n) is 5.75. The molecule has 0 amide bonds. The molecule has 1 fully saturated rings. The molecular formula is C11H16N2O2S2. The largest absolute Gasteiger partial charge is 0.476 e. The molecule has 0 aromatic carbocycles. The molecule has 1 aromatic heterocycles. The van der Waals surface area contributed by atoms with Crippen molar-refractivity contribution in [2.24, 2.45) is 0 Å². The Labute approximate surface area is 109 Å². The minimum atomic E-state index is -0.953. The summed E-state index contributed by atoms with van der Waals surface area (Å²) in [6.07, 6.45) is 3.46. The van der Waals surface area contributed by atoms with Gasteiger partial charge in [0.15, 0.2) is 5.69 Å². The Morgan fingerprint density at radius 3 is 3.24 bits per heavy atom. The van der Waals surface area contributed by atoms with Gasteiger partial charge >= 0.3 is 5.97 Å². The summed E-state index contributed by atoms with van der Waals surface area (Å²) in [5.41, 5.74) is 1.74. The monoisotopic (exact) mass is 272 g/mol. The summed E-state index contributed by atoms with van der Waals surface area (Å²) in [5.74, 6) is 0.199. The van der Waals surface area contributed by atoms with Crippen molar-refractivity contribution in [1.82, 2.24) is 4.98 Å². The number of anilines is 1. The molecule has 2 N–H and O–H groups in total. The number of hydrogen-bond donors (Lipinski definition) is 2. The lowest BCUT2D eigenvalue weighted by molar-refractivity contribution is 0.0692. The molecule has 17 heavy (non-hydrogen) atoms. The SMILES string of the molecule is CCSC1CCC(Nc2scnc2C(=O)O)C1. The minimum Gasteiger partial charge on any atom is -0.476 e. The number of carboxylic acid groups (broad SMARTS) is 1. The van der Waals surface area contributed by atoms with Gasteiger partial charge in [-0.15, -0.1) is 11.3 Å². The van der Waals surface area contributed by atoms with Crippen LogP contribution < -0.4 is 5.32 Å². The van der Waals surface area contributed by atoms with E-state index >= 15 is 0 Å². The number of rotatable bonds is 5. The lowest BCUT2D eigenvalue weighted by Crippen LogP contribution is -2.17. The van der Waals surface area contributed by atoms with Gasteiger partial charge in [0.25, 0.3) is 0 Å². The lowest BCUT2D eigenvalue weighted by atomic mass is 10.2. The number of aromatic carboxylic acids is 1. The lowest BCUT2D eigenvalue weighted by Gasteiger charge is -2.13. The van der Waals surface area contributed by atoms with Crippen LogP contribution in [0, 0.1) is 0 Å². The third kappa shape index (κ3) is 3.13. The highest BCUT2D eigenvalue weighted by Crippen LogP contribution is 2.33. The van der Waals surface area contributed by atoms with E-state index in [1.165, 1.54) is 17.8 Å². The Bertz CT molecular complexity index is 395. The molecule has 94 valence electrons. The van der Waals surface area contributed by atoms with Gasteiger partial charge in [-0.1, -0.05) is 6.92 Å². The van der Waals surface area contributed by atoms with Crippen molar-refractivity contribution >= 4 is 34.1 Å². The Morgan fingerprint density at radius 2 is 2.53 bits per heavy atom. The van der Waals surface area contributed by atoms with Gasteiger partial charge in [-0.3, -0.25) is 0 Å². The van der Waals surface area contributed by atoms with Gasteiger partial charge in [0.1, 0.15) is 5.00 Å². The fourth-order valence-electron chi connectivity index (χ4n) is 2.14. The van der Waals surface area contributed by atoms with Crippen molar-refractivity contribution in [1.29, 1.82) is 0 Å². The number of thioether (sulfide) groups is 1. The summed E-state index contributed by atoms with van der Waals surface area (Å²) in [7, 11) is 0. The van der Waals surface area contributed by atoms with Gasteiger partial charge in [-0.25, -0.2) is 9.78 Å². The molecule has 0 saturated heterocycles. The van der Waals surface area contributed by atoms with E-state index in [-0.39, 0.29) is 5.69 Å². The first-order valence-corrected chi connectivity index (χ1v) is 7.68. The maximum absolute atomic E-state index is 10.9. The summed E-state index contributed by atoms with van der Waals surface area (Å²) in [6.45, 7) is 2.18. The molecule has 2 rings (SSSR count). The Morgan fingerprint density at radius 1 is 1.71 bits per heavy atom. The van der Waals surface area contributed by atoms with Crippen LogP contribution in [0.25, 0.3) is 0 Å². The summed E-state index contributed by atoms with van der Waals surface area (Å²) in [5, 5.41) is 13.7. The summed E-state index contributed by atoms with van der Waals surface area (Å²) < 4.78 is 0. The van der Waals surface area contributed by atoms with Crippen molar-refractivity contribution < 1.29 is 9.90 Å². The predicted molar refractivity (Wildman–Crippen MR) is 72.3 cm³/mol. The number of nitrogens with zero attached hydrogens (tertiary/aromatic N) is 1. The highest BCUT2D eigenvalue weighted by molar-refractivity contribution is 7.99. The van der Waals surface area contributed by atoms with Crippen LogP contribution >= 0.6 is 23.1 Å². The Balaban J connectivity index is 1.93. The standard InChI is InChI=1S/C11H16N2O2S2/c1-2-16-8-4-3-7(5-8)13-10-9(11(14)15)12-6-17-10/h6-8,13H,2-5H2,1H3,(H,14,15). The number of carboxylic acids is 1. The van der Waals surface area contributed by atoms with Crippen molar-refractivity contribution in [2.75, 3.05) is 11.1 Å². The molecule has 0 aliphatic heterocycles. The highest BCUT2D eigenvalue weighted by atomic mass is 32.2. The first kappa shape index (κ1) is 12.7. The Kier molecular flexibility index (Phi) is 4.28. The summed E-state index contributed by atoms with van der Waals surface area (Å²) in [4.78, 5) is 14.8. The van der Waals surface area contributed by atoms with Gasteiger partial charge in [-0.05, 0) is 25.0 Å². The molecule has 1 heterocycles. The molecule has 2 unspecified atom stereocenters. The number of nitrogens with one attached hydrogen (secondary N) is 1. The molecule has 0 radical (unpaired) electrons. The molecular weight excluding hydrogens is 256 g/mol. The average molecular weight is 272 g/mol. The number of hydrogen-bond acceptors (Lipinski definition) is 5. The summed E-state index contributed by atoms with van der Waals surface area (Å²) >= 11 is 3.37. The van der Waals surface area contributed by atoms with E-state index in [9.17, 15) is 4.79 Å². The fraction of sp³-hybridized carbons (Fsp3) is 0.636. The molecule has 0 bridgehead atoms. The summed E-state index contributed by atoms with van der Waals surface area (Å²) in [6, 6.07) is 0.401. The van der Waals surface area contributed by atoms with Crippen LogP contribution in [0.5, 0.6) is 0 Å². The molecule has 1 saturated carbocycles. The number of thiazole rings is 1. The minimum absolute atomic E-state index is 0.154. The molecule has 6 heteroatoms. The van der Waals surface area contributed by atoms with Crippen LogP contribution in [-0.4, -0.2) is 33.1 Å². The topological polar surface area (TPSA) is 62.2 Å². The average Bonchev–Trinajstić information content (AvgIpc) is 2.89. The zero-order chi connectivity index (χ0) is 12.3. The van der Waals surface area contributed by atoms with E-state index in [1.807, 2.05) is 11.8 Å². The second kappa shape index (κ2) is 5.73. The second-order valence-corrected chi connectivity index (χ2v) is 6.50. The van der Waals surface area contributed by atoms with Crippen LogP contribution in [0.3, 0.4) is 0 Å². The van der Waals surface area contributed by atoms with E-state index in [1.54, 1.807) is 5.51 Å². The van der Waals surface area contributed by atoms with Crippen LogP contribution in [0.4, 0.5) is 5.00 Å². The van der Waals surface area contributed by atoms with Gasteiger partial charge in [0.05, 0.1) is 5.51 Å². The van der Waals surface area contributed by atoms with E-state index in [0.29, 0.717) is 11.0 Å². The maximum atomic E-state index is 10.9. The van der Waals surface area contributed by atoms with Gasteiger partial charge in [0.2, 0.25) is 0 Å². The highest BCUT2D eigenvalue weighted by Gasteiger charge is 2.26. The molecule has 1 aliphatic carbocycles. The number of carbonyl (C=O) groups is 1. The van der Waals surface area contributed by atoms with Gasteiger partial charge < -0.3 is 10.4 Å². The smallest absolute Gasteiger partial charge is 0.357 e. The second-order valence-electron chi connectivity index (χ2n) is 4.07. The van der Waals surface area contributed by atoms with Crippen molar-refractivity contribution in [3.05, 3.63) is 11.2 Å². The quantitative estimate of drug-likeness (QED) is 0.863. The normalized spacial score (nSPS) is 23.8. The molecule has 1 aromatic rings. The van der Waals surface area contributed by atoms with Crippen LogP contribution in [0.15, 0.2) is 5.51 Å². The Hall–Kier alpha value is -0.750. The van der Waals surface area contributed by atoms with E-state index in [2.05, 4.69) is 17.2 Å². The number of aromatic nitrogens is 1. The molecule has 1 aliphatic rings. The maximum Gasteiger partial charge on any atom is 0.357 e. The van der Waals surface area contributed by atoms with Crippen molar-refractivity contribution in [3.8, 4) is 0 Å². The first-order chi connectivity index (χ1) is 8.20. The van der Waals surface area contributed by atoms with Gasteiger partial charge in [0, 0.05) is 11.3 Å². The van der Waals surface area contributed by atoms with E-state index < -0.39 is 5.97 Å². The fourth-order valence-corrected chi connectivity index (χ4v) is 4.04. The molecule has 2 atom stereocenters. The third-order valence-electron chi connectivity index (χ3n) is 2.89. The van der Waals surface area contributed by atoms with Crippen molar-refractivity contribution in [2.45, 2.75) is 37.5 Å². The molecule has 4 nitrogen and oxygen atoms in total. The molecule has 0 spiro atoms. The zero-order valence-corrected chi connectivity index (χ0v) is 11.3. The van der Waals surface area contributed by atoms with Crippen LogP contribution in [-0.2, 0) is 0 Å². The van der Waals surface area contributed by atoms with Crippen LogP contribution in [0.2, 0.25) is 0 Å². The van der Waals surface area contributed by atoms with Crippen LogP contribution in [0.1, 0.15) is 36.7 Å².